The Balaban J connectivity index is 3.03. The van der Waals surface area contributed by atoms with Gasteiger partial charge in [0.25, 0.3) is 0 Å². The van der Waals surface area contributed by atoms with Crippen LogP contribution in [0.25, 0.3) is 0 Å². The van der Waals surface area contributed by atoms with Crippen molar-refractivity contribution in [1.29, 1.82) is 5.26 Å². The average molecular weight is 230 g/mol. The van der Waals surface area contributed by atoms with E-state index in [1.807, 2.05) is 0 Å². The van der Waals surface area contributed by atoms with Gasteiger partial charge in [0.1, 0.15) is 0 Å². The summed E-state index contributed by atoms with van der Waals surface area (Å²) >= 11 is 0. The Morgan fingerprint density at radius 3 is 2.53 bits per heavy atom. The minimum atomic E-state index is -0.0306. The highest BCUT2D eigenvalue weighted by Crippen LogP contribution is 2.27. The molecule has 1 rings (SSSR count). The van der Waals surface area contributed by atoms with Gasteiger partial charge < -0.3 is 5.73 Å². The highest BCUT2D eigenvalue weighted by Gasteiger charge is 2.16. The summed E-state index contributed by atoms with van der Waals surface area (Å²) in [5.74, 6) is 0. The van der Waals surface area contributed by atoms with E-state index >= 15 is 0 Å². The molecule has 0 bridgehead atoms. The van der Waals surface area contributed by atoms with Gasteiger partial charge in [-0.1, -0.05) is 39.0 Å². The third-order valence-electron chi connectivity index (χ3n) is 3.11. The molecular formula is C15H22N2. The molecule has 0 saturated carbocycles. The Labute approximate surface area is 104 Å². The van der Waals surface area contributed by atoms with Crippen molar-refractivity contribution in [3.05, 3.63) is 34.9 Å². The molecule has 0 aliphatic heterocycles. The standard InChI is InChI=1S/C15H22N2/c1-11-7-8-12(15(2,3)4)10-13(11)14(17)6-5-9-16/h7-8,10,14H,5-6,17H2,1-4H3. The third kappa shape index (κ3) is 3.57. The van der Waals surface area contributed by atoms with Crippen LogP contribution in [0.2, 0.25) is 0 Å². The van der Waals surface area contributed by atoms with Crippen molar-refractivity contribution in [2.24, 2.45) is 5.73 Å². The lowest BCUT2D eigenvalue weighted by Gasteiger charge is -2.22. The minimum absolute atomic E-state index is 0.0306. The van der Waals surface area contributed by atoms with Crippen LogP contribution in [0.15, 0.2) is 18.2 Å². The van der Waals surface area contributed by atoms with Crippen LogP contribution in [0.3, 0.4) is 0 Å². The molecule has 17 heavy (non-hydrogen) atoms. The first-order valence-electron chi connectivity index (χ1n) is 6.10. The minimum Gasteiger partial charge on any atom is -0.324 e. The predicted molar refractivity (Wildman–Crippen MR) is 71.7 cm³/mol. The monoisotopic (exact) mass is 230 g/mol. The van der Waals surface area contributed by atoms with Crippen LogP contribution >= 0.6 is 0 Å². The molecule has 1 aromatic rings. The van der Waals surface area contributed by atoms with Gasteiger partial charge in [-0.05, 0) is 35.4 Å². The lowest BCUT2D eigenvalue weighted by atomic mass is 9.84. The Kier molecular flexibility index (Phi) is 4.31. The number of hydrogen-bond donors (Lipinski definition) is 1. The normalized spacial score (nSPS) is 13.2. The summed E-state index contributed by atoms with van der Waals surface area (Å²) in [6.45, 7) is 8.67. The highest BCUT2D eigenvalue weighted by atomic mass is 14.6. The molecule has 0 spiro atoms. The van der Waals surface area contributed by atoms with E-state index in [1.54, 1.807) is 0 Å². The van der Waals surface area contributed by atoms with Gasteiger partial charge in [-0.15, -0.1) is 0 Å². The first-order chi connectivity index (χ1) is 7.86. The molecule has 0 amide bonds. The van der Waals surface area contributed by atoms with Gasteiger partial charge in [-0.25, -0.2) is 0 Å². The summed E-state index contributed by atoms with van der Waals surface area (Å²) in [5.41, 5.74) is 9.96. The lowest BCUT2D eigenvalue weighted by Crippen LogP contribution is -2.16. The van der Waals surface area contributed by atoms with E-state index in [-0.39, 0.29) is 11.5 Å². The number of nitriles is 1. The quantitative estimate of drug-likeness (QED) is 0.862. The van der Waals surface area contributed by atoms with Crippen LogP contribution < -0.4 is 5.73 Å². The maximum Gasteiger partial charge on any atom is 0.0622 e. The number of nitrogens with two attached hydrogens (primary N) is 1. The van der Waals surface area contributed by atoms with Gasteiger partial charge in [-0.2, -0.15) is 5.26 Å². The molecule has 0 aromatic heterocycles. The third-order valence-corrected chi connectivity index (χ3v) is 3.11. The zero-order chi connectivity index (χ0) is 13.1. The smallest absolute Gasteiger partial charge is 0.0622 e. The van der Waals surface area contributed by atoms with Gasteiger partial charge in [0.05, 0.1) is 6.07 Å². The maximum absolute atomic E-state index is 8.61. The zero-order valence-corrected chi connectivity index (χ0v) is 11.2. The number of rotatable bonds is 3. The van der Waals surface area contributed by atoms with E-state index in [1.165, 1.54) is 16.7 Å². The van der Waals surface area contributed by atoms with E-state index in [0.29, 0.717) is 6.42 Å². The number of benzene rings is 1. The molecule has 2 heteroatoms. The maximum atomic E-state index is 8.61. The van der Waals surface area contributed by atoms with Crippen LogP contribution in [0.1, 0.15) is 56.3 Å². The molecule has 0 heterocycles. The van der Waals surface area contributed by atoms with Crippen LogP contribution in [0.5, 0.6) is 0 Å². The van der Waals surface area contributed by atoms with Crippen LogP contribution in [0.4, 0.5) is 0 Å². The molecule has 0 radical (unpaired) electrons. The molecule has 0 fully saturated rings. The van der Waals surface area contributed by atoms with Gasteiger partial charge in [-0.3, -0.25) is 0 Å². The Bertz CT molecular complexity index is 422. The largest absolute Gasteiger partial charge is 0.324 e. The number of hydrogen-bond acceptors (Lipinski definition) is 2. The van der Waals surface area contributed by atoms with E-state index in [9.17, 15) is 0 Å². The van der Waals surface area contributed by atoms with Crippen molar-refractivity contribution in [1.82, 2.24) is 0 Å². The molecule has 2 nitrogen and oxygen atoms in total. The molecule has 92 valence electrons. The molecule has 1 unspecified atom stereocenters. The molecule has 1 aromatic carbocycles. The number of aryl methyl sites for hydroxylation is 1. The molecule has 0 aliphatic rings. The summed E-state index contributed by atoms with van der Waals surface area (Å²) in [6, 6.07) is 8.60. The molecular weight excluding hydrogens is 208 g/mol. The van der Waals surface area contributed by atoms with E-state index in [0.717, 1.165) is 6.42 Å². The molecule has 1 atom stereocenters. The second-order valence-electron chi connectivity index (χ2n) is 5.62. The lowest BCUT2D eigenvalue weighted by molar-refractivity contribution is 0.585. The van der Waals surface area contributed by atoms with Gasteiger partial charge in [0.15, 0.2) is 0 Å². The van der Waals surface area contributed by atoms with E-state index < -0.39 is 0 Å². The number of nitrogens with zero attached hydrogens (tertiary/aromatic N) is 1. The summed E-state index contributed by atoms with van der Waals surface area (Å²) in [6.07, 6.45) is 1.24. The van der Waals surface area contributed by atoms with Crippen molar-refractivity contribution < 1.29 is 0 Å². The Morgan fingerprint density at radius 2 is 2.00 bits per heavy atom. The summed E-state index contributed by atoms with van der Waals surface area (Å²) in [4.78, 5) is 0. The fraction of sp³-hybridized carbons (Fsp3) is 0.533. The van der Waals surface area contributed by atoms with Crippen LogP contribution in [-0.2, 0) is 5.41 Å². The fourth-order valence-corrected chi connectivity index (χ4v) is 1.88. The Hall–Kier alpha value is -1.33. The second-order valence-corrected chi connectivity index (χ2v) is 5.62. The fourth-order valence-electron chi connectivity index (χ4n) is 1.88. The summed E-state index contributed by atoms with van der Waals surface area (Å²) < 4.78 is 0. The molecule has 0 saturated heterocycles. The Morgan fingerprint density at radius 1 is 1.35 bits per heavy atom. The van der Waals surface area contributed by atoms with Crippen molar-refractivity contribution in [2.75, 3.05) is 0 Å². The van der Waals surface area contributed by atoms with Crippen molar-refractivity contribution in [3.8, 4) is 6.07 Å². The van der Waals surface area contributed by atoms with Gasteiger partial charge in [0, 0.05) is 12.5 Å². The first kappa shape index (κ1) is 13.7. The average Bonchev–Trinajstić information content (AvgIpc) is 2.24. The van der Waals surface area contributed by atoms with Crippen LogP contribution in [0, 0.1) is 18.3 Å². The topological polar surface area (TPSA) is 49.8 Å². The predicted octanol–water partition coefficient (Wildman–Crippen LogP) is 3.60. The van der Waals surface area contributed by atoms with Crippen molar-refractivity contribution >= 4 is 0 Å². The van der Waals surface area contributed by atoms with Crippen molar-refractivity contribution in [2.45, 2.75) is 52.0 Å². The zero-order valence-electron chi connectivity index (χ0n) is 11.2. The van der Waals surface area contributed by atoms with Crippen molar-refractivity contribution in [3.63, 3.8) is 0 Å². The van der Waals surface area contributed by atoms with Crippen LogP contribution in [-0.4, -0.2) is 0 Å². The SMILES string of the molecule is Cc1ccc(C(C)(C)C)cc1C(N)CCC#N. The molecule has 0 aliphatic carbocycles. The second kappa shape index (κ2) is 5.33. The first-order valence-corrected chi connectivity index (χ1v) is 6.10. The van der Waals surface area contributed by atoms with Gasteiger partial charge >= 0.3 is 0 Å². The van der Waals surface area contributed by atoms with Gasteiger partial charge in [0.2, 0.25) is 0 Å². The highest BCUT2D eigenvalue weighted by molar-refractivity contribution is 5.36. The summed E-state index contributed by atoms with van der Waals surface area (Å²) in [7, 11) is 0. The van der Waals surface area contributed by atoms with E-state index in [4.69, 9.17) is 11.0 Å². The molecule has 2 N–H and O–H groups in total. The summed E-state index contributed by atoms with van der Waals surface area (Å²) in [5, 5.41) is 8.61. The van der Waals surface area contributed by atoms with E-state index in [2.05, 4.69) is 52.0 Å².